The molecule has 0 aliphatic rings. The van der Waals surface area contributed by atoms with Gasteiger partial charge in [0.25, 0.3) is 11.1 Å². The number of hydrogen-bond acceptors (Lipinski definition) is 5. The number of amides is 1. The second-order valence-corrected chi connectivity index (χ2v) is 7.00. The third-order valence-corrected chi connectivity index (χ3v) is 4.78. The maximum atomic E-state index is 13.4. The summed E-state index contributed by atoms with van der Waals surface area (Å²) >= 11 is 0. The quantitative estimate of drug-likeness (QED) is 0.465. The number of benzene rings is 2. The lowest BCUT2D eigenvalue weighted by Crippen LogP contribution is -2.32. The van der Waals surface area contributed by atoms with Crippen molar-refractivity contribution in [1.82, 2.24) is 20.1 Å². The fourth-order valence-electron chi connectivity index (χ4n) is 3.19. The lowest BCUT2D eigenvalue weighted by molar-refractivity contribution is -0.121. The van der Waals surface area contributed by atoms with Gasteiger partial charge in [-0.3, -0.25) is 19.5 Å². The molecule has 0 spiro atoms. The van der Waals surface area contributed by atoms with Gasteiger partial charge in [0, 0.05) is 30.8 Å². The van der Waals surface area contributed by atoms with Crippen molar-refractivity contribution in [3.8, 4) is 11.6 Å². The molecule has 1 amide bonds. The molecule has 0 radical (unpaired) electrons. The number of carbonyl (C=O) groups is 1. The summed E-state index contributed by atoms with van der Waals surface area (Å²) in [6, 6.07) is 15.6. The van der Waals surface area contributed by atoms with Crippen molar-refractivity contribution in [2.75, 3.05) is 0 Å². The normalized spacial score (nSPS) is 10.8. The Hall–Kier alpha value is -4.27. The van der Waals surface area contributed by atoms with E-state index in [9.17, 15) is 18.8 Å². The number of nitrogens with zero attached hydrogens (tertiary/aromatic N) is 2. The minimum Gasteiger partial charge on any atom is -0.439 e. The Kier molecular flexibility index (Phi) is 6.07. The Balaban J connectivity index is 1.40. The zero-order valence-corrected chi connectivity index (χ0v) is 16.9. The van der Waals surface area contributed by atoms with Gasteiger partial charge in [-0.2, -0.15) is 0 Å². The number of ether oxygens (including phenoxy) is 1. The molecule has 0 bridgehead atoms. The van der Waals surface area contributed by atoms with E-state index in [0.717, 1.165) is 4.68 Å². The summed E-state index contributed by atoms with van der Waals surface area (Å²) in [6.07, 6.45) is 1.51. The number of hydrogen-bond donors (Lipinski definition) is 2. The average Bonchev–Trinajstić information content (AvgIpc) is 2.80. The van der Waals surface area contributed by atoms with Crippen LogP contribution < -0.4 is 21.2 Å². The first-order valence-corrected chi connectivity index (χ1v) is 9.87. The SMILES string of the molecule is O=C(CCn1[nH]c(=O)c2ccccc2c1=O)NCc1cccnc1Oc1cccc(F)c1. The number of nitrogens with one attached hydrogen (secondary N) is 2. The van der Waals surface area contributed by atoms with Crippen LogP contribution in [-0.2, 0) is 17.9 Å². The molecule has 4 aromatic rings. The van der Waals surface area contributed by atoms with Crippen molar-refractivity contribution in [3.63, 3.8) is 0 Å². The highest BCUT2D eigenvalue weighted by molar-refractivity contribution is 5.80. The molecule has 8 nitrogen and oxygen atoms in total. The number of carbonyl (C=O) groups excluding carboxylic acids is 1. The number of aromatic nitrogens is 3. The summed E-state index contributed by atoms with van der Waals surface area (Å²) in [5, 5.41) is 5.84. The fraction of sp³-hybridized carbons (Fsp3) is 0.130. The van der Waals surface area contributed by atoms with Crippen molar-refractivity contribution in [2.45, 2.75) is 19.5 Å². The molecule has 0 aliphatic carbocycles. The number of pyridine rings is 1. The third kappa shape index (κ3) is 4.72. The van der Waals surface area contributed by atoms with Crippen LogP contribution in [-0.4, -0.2) is 20.7 Å². The van der Waals surface area contributed by atoms with E-state index in [-0.39, 0.29) is 42.6 Å². The Bertz CT molecular complexity index is 1400. The van der Waals surface area contributed by atoms with E-state index in [1.54, 1.807) is 42.5 Å². The first-order chi connectivity index (χ1) is 15.5. The minimum absolute atomic E-state index is 0.0183. The van der Waals surface area contributed by atoms with Crippen LogP contribution in [0.5, 0.6) is 11.6 Å². The zero-order valence-electron chi connectivity index (χ0n) is 16.9. The molecule has 4 rings (SSSR count). The first-order valence-electron chi connectivity index (χ1n) is 9.87. The smallest absolute Gasteiger partial charge is 0.273 e. The molecule has 0 unspecified atom stereocenters. The zero-order chi connectivity index (χ0) is 22.5. The topological polar surface area (TPSA) is 106 Å². The highest BCUT2D eigenvalue weighted by atomic mass is 19.1. The van der Waals surface area contributed by atoms with Crippen LogP contribution >= 0.6 is 0 Å². The van der Waals surface area contributed by atoms with Crippen LogP contribution in [0.2, 0.25) is 0 Å². The molecular weight excluding hydrogens is 415 g/mol. The second kappa shape index (κ2) is 9.25. The number of aryl methyl sites for hydroxylation is 1. The predicted molar refractivity (Wildman–Crippen MR) is 116 cm³/mol. The molecule has 162 valence electrons. The Morgan fingerprint density at radius 2 is 1.88 bits per heavy atom. The minimum atomic E-state index is -0.435. The van der Waals surface area contributed by atoms with Gasteiger partial charge in [-0.1, -0.05) is 24.3 Å². The highest BCUT2D eigenvalue weighted by Crippen LogP contribution is 2.23. The molecule has 0 saturated carbocycles. The maximum Gasteiger partial charge on any atom is 0.273 e. The molecule has 2 aromatic carbocycles. The molecule has 0 saturated heterocycles. The van der Waals surface area contributed by atoms with Crippen molar-refractivity contribution in [3.05, 3.63) is 98.9 Å². The highest BCUT2D eigenvalue weighted by Gasteiger charge is 2.11. The van der Waals surface area contributed by atoms with Gasteiger partial charge >= 0.3 is 0 Å². The number of H-pyrrole nitrogens is 1. The molecular formula is C23H19FN4O4. The fourth-order valence-corrected chi connectivity index (χ4v) is 3.19. The summed E-state index contributed by atoms with van der Waals surface area (Å²) < 4.78 is 20.2. The Morgan fingerprint density at radius 1 is 1.06 bits per heavy atom. The monoisotopic (exact) mass is 434 g/mol. The van der Waals surface area contributed by atoms with Crippen molar-refractivity contribution in [2.24, 2.45) is 0 Å². The van der Waals surface area contributed by atoms with E-state index in [1.165, 1.54) is 24.4 Å². The molecule has 32 heavy (non-hydrogen) atoms. The molecule has 2 N–H and O–H groups in total. The average molecular weight is 434 g/mol. The molecule has 2 heterocycles. The van der Waals surface area contributed by atoms with Gasteiger partial charge in [0.2, 0.25) is 11.8 Å². The number of rotatable bonds is 7. The summed E-state index contributed by atoms with van der Waals surface area (Å²) in [4.78, 5) is 41.2. The van der Waals surface area contributed by atoms with E-state index >= 15 is 0 Å². The Labute approximate surface area is 181 Å². The van der Waals surface area contributed by atoms with E-state index in [1.807, 2.05) is 0 Å². The van der Waals surface area contributed by atoms with Crippen molar-refractivity contribution < 1.29 is 13.9 Å². The van der Waals surface area contributed by atoms with Crippen LogP contribution in [0, 0.1) is 5.82 Å². The van der Waals surface area contributed by atoms with Gasteiger partial charge in [-0.05, 0) is 30.3 Å². The number of halogens is 1. The largest absolute Gasteiger partial charge is 0.439 e. The Morgan fingerprint density at radius 3 is 2.69 bits per heavy atom. The van der Waals surface area contributed by atoms with Crippen molar-refractivity contribution in [1.29, 1.82) is 0 Å². The van der Waals surface area contributed by atoms with E-state index in [0.29, 0.717) is 16.3 Å². The van der Waals surface area contributed by atoms with Gasteiger partial charge < -0.3 is 10.1 Å². The summed E-state index contributed by atoms with van der Waals surface area (Å²) in [5.41, 5.74) is -0.164. The first kappa shape index (κ1) is 21.0. The maximum absolute atomic E-state index is 13.4. The number of fused-ring (bicyclic) bond motifs is 1. The van der Waals surface area contributed by atoms with Crippen LogP contribution in [0.3, 0.4) is 0 Å². The lowest BCUT2D eigenvalue weighted by atomic mass is 10.2. The van der Waals surface area contributed by atoms with Gasteiger partial charge in [-0.15, -0.1) is 0 Å². The van der Waals surface area contributed by atoms with Gasteiger partial charge in [-0.25, -0.2) is 14.1 Å². The van der Waals surface area contributed by atoms with Gasteiger partial charge in [0.1, 0.15) is 11.6 Å². The van der Waals surface area contributed by atoms with Crippen LogP contribution in [0.25, 0.3) is 10.8 Å². The summed E-state index contributed by atoms with van der Waals surface area (Å²) in [7, 11) is 0. The lowest BCUT2D eigenvalue weighted by Gasteiger charge is -2.11. The van der Waals surface area contributed by atoms with E-state index in [4.69, 9.17) is 4.74 Å². The second-order valence-electron chi connectivity index (χ2n) is 7.00. The molecule has 9 heteroatoms. The standard InChI is InChI=1S/C23H19FN4O4/c24-16-6-3-7-17(13-16)32-22-15(5-4-11-25-22)14-26-20(29)10-12-28-23(31)19-9-2-1-8-18(19)21(30)27-28/h1-9,11,13H,10,12,14H2,(H,26,29)(H,27,30). The molecule has 2 aromatic heterocycles. The number of aromatic amines is 1. The third-order valence-electron chi connectivity index (χ3n) is 4.78. The van der Waals surface area contributed by atoms with Crippen LogP contribution in [0.1, 0.15) is 12.0 Å². The van der Waals surface area contributed by atoms with Crippen LogP contribution in [0.4, 0.5) is 4.39 Å². The molecule has 0 fully saturated rings. The van der Waals surface area contributed by atoms with Gasteiger partial charge in [0.05, 0.1) is 17.3 Å². The van der Waals surface area contributed by atoms with Crippen LogP contribution in [0.15, 0.2) is 76.4 Å². The van der Waals surface area contributed by atoms with Crippen molar-refractivity contribution >= 4 is 16.7 Å². The molecule has 0 aliphatic heterocycles. The van der Waals surface area contributed by atoms with E-state index < -0.39 is 11.4 Å². The predicted octanol–water partition coefficient (Wildman–Crippen LogP) is 2.72. The summed E-state index contributed by atoms with van der Waals surface area (Å²) in [5.74, 6) is -0.230. The summed E-state index contributed by atoms with van der Waals surface area (Å²) in [6.45, 7) is 0.144. The van der Waals surface area contributed by atoms with Gasteiger partial charge in [0.15, 0.2) is 0 Å². The van der Waals surface area contributed by atoms with E-state index in [2.05, 4.69) is 15.4 Å². The molecule has 0 atom stereocenters.